The van der Waals surface area contributed by atoms with Crippen LogP contribution in [-0.4, -0.2) is 19.2 Å². The van der Waals surface area contributed by atoms with E-state index in [1.54, 1.807) is 19.9 Å². The number of nitriles is 1. The zero-order valence-corrected chi connectivity index (χ0v) is 13.2. The molecule has 106 valence electrons. The molecule has 0 saturated heterocycles. The lowest BCUT2D eigenvalue weighted by Gasteiger charge is -2.00. The summed E-state index contributed by atoms with van der Waals surface area (Å²) < 4.78 is 32.4. The van der Waals surface area contributed by atoms with Gasteiger partial charge < -0.3 is 4.42 Å². The molecule has 0 aromatic carbocycles. The third kappa shape index (κ3) is 3.33. The summed E-state index contributed by atoms with van der Waals surface area (Å²) >= 11 is 2.53. The van der Waals surface area contributed by atoms with Gasteiger partial charge in [0, 0.05) is 0 Å². The Morgan fingerprint density at radius 1 is 1.50 bits per heavy atom. The Morgan fingerprint density at radius 3 is 2.85 bits per heavy atom. The summed E-state index contributed by atoms with van der Waals surface area (Å²) in [5.74, 6) is 0.818. The molecule has 20 heavy (non-hydrogen) atoms. The van der Waals surface area contributed by atoms with Gasteiger partial charge in [0.1, 0.15) is 5.76 Å². The fraction of sp³-hybridized carbons (Fsp3) is 0.273. The topological polar surface area (TPSA) is 96.0 Å². The summed E-state index contributed by atoms with van der Waals surface area (Å²) in [6.07, 6.45) is 0. The van der Waals surface area contributed by atoms with Crippen LogP contribution >= 0.6 is 23.1 Å². The van der Waals surface area contributed by atoms with Crippen LogP contribution in [0.2, 0.25) is 0 Å². The van der Waals surface area contributed by atoms with Crippen LogP contribution in [0.25, 0.3) is 0 Å². The number of sulfonamides is 1. The highest BCUT2D eigenvalue weighted by Gasteiger charge is 2.20. The van der Waals surface area contributed by atoms with E-state index in [-0.39, 0.29) is 10.2 Å². The van der Waals surface area contributed by atoms with Gasteiger partial charge in [-0.15, -0.1) is 0 Å². The van der Waals surface area contributed by atoms with Crippen LogP contribution < -0.4 is 4.72 Å². The van der Waals surface area contributed by atoms with Crippen LogP contribution in [0.5, 0.6) is 0 Å². The number of hydrogen-bond donors (Lipinski definition) is 1. The molecule has 0 bridgehead atoms. The predicted molar refractivity (Wildman–Crippen MR) is 77.4 cm³/mol. The Labute approximate surface area is 124 Å². The quantitative estimate of drug-likeness (QED) is 0.847. The molecule has 0 spiro atoms. The maximum absolute atomic E-state index is 12.1. The Kier molecular flexibility index (Phi) is 4.37. The highest BCUT2D eigenvalue weighted by molar-refractivity contribution is 8.01. The van der Waals surface area contributed by atoms with Crippen molar-refractivity contribution >= 4 is 38.3 Å². The minimum Gasteiger partial charge on any atom is -0.448 e. The van der Waals surface area contributed by atoms with Crippen molar-refractivity contribution in [3.63, 3.8) is 0 Å². The maximum atomic E-state index is 12.1. The molecule has 0 aliphatic carbocycles. The number of thioether (sulfide) groups is 1. The summed E-state index contributed by atoms with van der Waals surface area (Å²) in [4.78, 5) is 4.14. The zero-order valence-electron chi connectivity index (χ0n) is 10.7. The molecule has 0 saturated carbocycles. The normalized spacial score (nSPS) is 11.2. The number of aromatic nitrogens is 1. The molecule has 0 fully saturated rings. The number of hydrogen-bond acceptors (Lipinski definition) is 7. The van der Waals surface area contributed by atoms with Crippen molar-refractivity contribution in [1.29, 1.82) is 5.26 Å². The predicted octanol–water partition coefficient (Wildman–Crippen LogP) is 2.77. The molecule has 0 amide bonds. The van der Waals surface area contributed by atoms with E-state index in [2.05, 4.69) is 9.71 Å². The van der Waals surface area contributed by atoms with Gasteiger partial charge in [-0.1, -0.05) is 23.1 Å². The molecule has 6 nitrogen and oxygen atoms in total. The van der Waals surface area contributed by atoms with Crippen LogP contribution in [0.3, 0.4) is 0 Å². The van der Waals surface area contributed by atoms with Crippen molar-refractivity contribution in [3.8, 4) is 6.07 Å². The number of nitrogens with one attached hydrogen (secondary N) is 1. The van der Waals surface area contributed by atoms with Crippen LogP contribution in [0.4, 0.5) is 5.13 Å². The van der Waals surface area contributed by atoms with Crippen molar-refractivity contribution < 1.29 is 12.8 Å². The highest BCUT2D eigenvalue weighted by Crippen LogP contribution is 2.32. The summed E-state index contributed by atoms with van der Waals surface area (Å²) in [6, 6.07) is 4.99. The fourth-order valence-corrected chi connectivity index (χ4v) is 4.39. The van der Waals surface area contributed by atoms with Crippen LogP contribution in [0.1, 0.15) is 11.5 Å². The van der Waals surface area contributed by atoms with E-state index in [0.29, 0.717) is 17.2 Å². The lowest BCUT2D eigenvalue weighted by Crippen LogP contribution is -2.11. The summed E-state index contributed by atoms with van der Waals surface area (Å²) in [5.41, 5.74) is 0.698. The average molecular weight is 329 g/mol. The van der Waals surface area contributed by atoms with Crippen molar-refractivity contribution in [2.24, 2.45) is 0 Å². The molecule has 1 N–H and O–H groups in total. The van der Waals surface area contributed by atoms with Crippen LogP contribution in [-0.2, 0) is 10.0 Å². The van der Waals surface area contributed by atoms with Crippen LogP contribution in [0.15, 0.2) is 25.9 Å². The Bertz CT molecular complexity index is 755. The second kappa shape index (κ2) is 5.87. The van der Waals surface area contributed by atoms with Gasteiger partial charge >= 0.3 is 0 Å². The minimum atomic E-state index is -3.76. The fourth-order valence-electron chi connectivity index (χ4n) is 1.38. The molecule has 0 atom stereocenters. The molecule has 0 aliphatic rings. The summed E-state index contributed by atoms with van der Waals surface area (Å²) in [7, 11) is -3.76. The molecule has 2 aromatic heterocycles. The second-order valence-corrected chi connectivity index (χ2v) is 7.67. The first kappa shape index (κ1) is 14.9. The molecule has 2 rings (SSSR count). The Hall–Kier alpha value is -1.50. The lowest BCUT2D eigenvalue weighted by molar-refractivity contribution is 0.430. The third-order valence-electron chi connectivity index (χ3n) is 2.22. The highest BCUT2D eigenvalue weighted by atomic mass is 32.2. The molecule has 0 aliphatic heterocycles. The third-order valence-corrected chi connectivity index (χ3v) is 5.87. The van der Waals surface area contributed by atoms with E-state index in [9.17, 15) is 8.42 Å². The molecule has 9 heteroatoms. The second-order valence-electron chi connectivity index (χ2n) is 3.81. The van der Waals surface area contributed by atoms with Crippen molar-refractivity contribution in [2.45, 2.75) is 23.1 Å². The first-order valence-corrected chi connectivity index (χ1v) is 8.77. The van der Waals surface area contributed by atoms with Gasteiger partial charge in [-0.3, -0.25) is 4.72 Å². The standard InChI is InChI=1S/C11H11N3O3S3/c1-7-3-4-9(17-7)20(15,16)14-11-13-8(2)10(19-11)18-6-5-12/h3-4H,6H2,1-2H3,(H,13,14). The summed E-state index contributed by atoms with van der Waals surface area (Å²) in [6.45, 7) is 3.44. The molecule has 0 unspecified atom stereocenters. The van der Waals surface area contributed by atoms with E-state index in [1.807, 2.05) is 6.07 Å². The van der Waals surface area contributed by atoms with Crippen molar-refractivity contribution in [2.75, 3.05) is 10.5 Å². The average Bonchev–Trinajstić information content (AvgIpc) is 2.93. The number of rotatable bonds is 5. The number of aryl methyl sites for hydroxylation is 2. The minimum absolute atomic E-state index is 0.144. The van der Waals surface area contributed by atoms with E-state index in [4.69, 9.17) is 9.68 Å². The van der Waals surface area contributed by atoms with Gasteiger partial charge in [0.25, 0.3) is 10.0 Å². The molecular weight excluding hydrogens is 318 g/mol. The van der Waals surface area contributed by atoms with E-state index in [1.165, 1.54) is 29.2 Å². The Balaban J connectivity index is 2.20. The number of anilines is 1. The van der Waals surface area contributed by atoms with Gasteiger partial charge in [0.15, 0.2) is 5.13 Å². The van der Waals surface area contributed by atoms with Crippen molar-refractivity contribution in [1.82, 2.24) is 4.98 Å². The molecule has 2 heterocycles. The largest absolute Gasteiger partial charge is 0.448 e. The maximum Gasteiger partial charge on any atom is 0.297 e. The molecule has 0 radical (unpaired) electrons. The number of furan rings is 1. The monoisotopic (exact) mass is 329 g/mol. The number of nitrogens with zero attached hydrogens (tertiary/aromatic N) is 2. The van der Waals surface area contributed by atoms with Crippen molar-refractivity contribution in [3.05, 3.63) is 23.6 Å². The first-order valence-electron chi connectivity index (χ1n) is 5.49. The van der Waals surface area contributed by atoms with E-state index >= 15 is 0 Å². The summed E-state index contributed by atoms with van der Waals surface area (Å²) in [5, 5.41) is 8.67. The molecule has 2 aromatic rings. The van der Waals surface area contributed by atoms with E-state index in [0.717, 1.165) is 4.21 Å². The first-order chi connectivity index (χ1) is 9.42. The Morgan fingerprint density at radius 2 is 2.25 bits per heavy atom. The van der Waals surface area contributed by atoms with E-state index < -0.39 is 10.0 Å². The van der Waals surface area contributed by atoms with Gasteiger partial charge in [-0.25, -0.2) is 4.98 Å². The van der Waals surface area contributed by atoms with Crippen LogP contribution in [0, 0.1) is 25.2 Å². The SMILES string of the molecule is Cc1ccc(S(=O)(=O)Nc2nc(C)c(SCC#N)s2)o1. The number of thiazole rings is 1. The van der Waals surface area contributed by atoms with Gasteiger partial charge in [-0.05, 0) is 26.0 Å². The van der Waals surface area contributed by atoms with Gasteiger partial charge in [0.05, 0.1) is 21.7 Å². The zero-order chi connectivity index (χ0) is 14.8. The molecular formula is C11H11N3O3S3. The smallest absolute Gasteiger partial charge is 0.297 e. The van der Waals surface area contributed by atoms with Gasteiger partial charge in [0.2, 0.25) is 5.09 Å². The van der Waals surface area contributed by atoms with Gasteiger partial charge in [-0.2, -0.15) is 13.7 Å². The lowest BCUT2D eigenvalue weighted by atomic mass is 10.5.